The van der Waals surface area contributed by atoms with Gasteiger partial charge in [0, 0.05) is 37.3 Å². The van der Waals surface area contributed by atoms with Crippen LogP contribution in [0.3, 0.4) is 0 Å². The number of fused-ring (bicyclic) bond motifs is 13. The van der Waals surface area contributed by atoms with Gasteiger partial charge in [0.25, 0.3) is 0 Å². The van der Waals surface area contributed by atoms with Crippen molar-refractivity contribution >= 4 is 33.1 Å². The zero-order valence-corrected chi connectivity index (χ0v) is 27.4. The van der Waals surface area contributed by atoms with Crippen LogP contribution in [0.5, 0.6) is 0 Å². The van der Waals surface area contributed by atoms with Crippen LogP contribution in [0.2, 0.25) is 0 Å². The lowest BCUT2D eigenvalue weighted by atomic mass is 9.74. The Morgan fingerprint density at radius 2 is 0.918 bits per heavy atom. The van der Waals surface area contributed by atoms with E-state index in [1.165, 1.54) is 92.9 Å². The Morgan fingerprint density at radius 1 is 0.408 bits per heavy atom. The third-order valence-corrected chi connectivity index (χ3v) is 12.2. The first-order chi connectivity index (χ1) is 24.3. The molecule has 2 aromatic heterocycles. The van der Waals surface area contributed by atoms with Crippen LogP contribution in [-0.4, -0.2) is 4.57 Å². The van der Waals surface area contributed by atoms with Crippen molar-refractivity contribution in [1.82, 2.24) is 4.57 Å². The van der Waals surface area contributed by atoms with Crippen molar-refractivity contribution in [3.8, 4) is 49.5 Å². The lowest BCUT2D eigenvalue weighted by Crippen LogP contribution is -2.24. The summed E-state index contributed by atoms with van der Waals surface area (Å²) >= 11 is 1.98. The van der Waals surface area contributed by atoms with E-state index >= 15 is 0 Å². The third-order valence-electron chi connectivity index (χ3n) is 10.8. The number of aromatic nitrogens is 1. The molecule has 0 saturated heterocycles. The quantitative estimate of drug-likeness (QED) is 0.181. The van der Waals surface area contributed by atoms with Gasteiger partial charge in [-0.15, -0.1) is 11.3 Å². The van der Waals surface area contributed by atoms with Gasteiger partial charge in [-0.25, -0.2) is 0 Å². The Balaban J connectivity index is 1.24. The molecular formula is C47H29NS. The van der Waals surface area contributed by atoms with E-state index in [2.05, 4.69) is 180 Å². The minimum absolute atomic E-state index is 0.365. The molecule has 0 bridgehead atoms. The van der Waals surface area contributed by atoms with Gasteiger partial charge in [-0.05, 0) is 68.8 Å². The molecule has 2 aliphatic rings. The second kappa shape index (κ2) is 10.0. The van der Waals surface area contributed by atoms with Crippen molar-refractivity contribution in [2.24, 2.45) is 0 Å². The molecule has 0 saturated carbocycles. The Kier molecular flexibility index (Phi) is 5.53. The summed E-state index contributed by atoms with van der Waals surface area (Å²) in [6, 6.07) is 65.1. The van der Waals surface area contributed by atoms with E-state index in [0.29, 0.717) is 0 Å². The van der Waals surface area contributed by atoms with Gasteiger partial charge in [0.05, 0.1) is 16.4 Å². The highest BCUT2D eigenvalue weighted by Crippen LogP contribution is 2.67. The molecule has 0 unspecified atom stereocenters. The number of rotatable bonds is 3. The Morgan fingerprint density at radius 3 is 1.57 bits per heavy atom. The Labute approximate surface area is 289 Å². The van der Waals surface area contributed by atoms with Crippen molar-refractivity contribution in [3.05, 3.63) is 197 Å². The van der Waals surface area contributed by atoms with Crippen molar-refractivity contribution < 1.29 is 0 Å². The van der Waals surface area contributed by atoms with Crippen LogP contribution in [0.4, 0.5) is 0 Å². The average molecular weight is 640 g/mol. The monoisotopic (exact) mass is 639 g/mol. The highest BCUT2D eigenvalue weighted by atomic mass is 32.1. The molecule has 0 fully saturated rings. The van der Waals surface area contributed by atoms with Crippen LogP contribution >= 0.6 is 11.3 Å². The Hall–Kier alpha value is -5.96. The maximum absolute atomic E-state index is 2.43. The van der Waals surface area contributed by atoms with E-state index in [1.54, 1.807) is 0 Å². The van der Waals surface area contributed by atoms with Gasteiger partial charge in [0.1, 0.15) is 0 Å². The molecule has 9 aromatic rings. The van der Waals surface area contributed by atoms with Gasteiger partial charge in [-0.2, -0.15) is 0 Å². The first-order valence-corrected chi connectivity index (χ1v) is 17.8. The minimum atomic E-state index is -0.365. The average Bonchev–Trinajstić information content (AvgIpc) is 3.89. The number of thiophene rings is 1. The predicted octanol–water partition coefficient (Wildman–Crippen LogP) is 12.5. The van der Waals surface area contributed by atoms with Gasteiger partial charge in [-0.3, -0.25) is 0 Å². The minimum Gasteiger partial charge on any atom is -0.309 e. The molecule has 0 N–H and O–H groups in total. The van der Waals surface area contributed by atoms with E-state index in [-0.39, 0.29) is 5.41 Å². The molecule has 228 valence electrons. The molecule has 0 atom stereocenters. The third kappa shape index (κ3) is 3.49. The molecule has 1 spiro atoms. The topological polar surface area (TPSA) is 4.93 Å². The van der Waals surface area contributed by atoms with Crippen LogP contribution < -0.4 is 0 Å². The first kappa shape index (κ1) is 27.0. The molecule has 0 radical (unpaired) electrons. The van der Waals surface area contributed by atoms with E-state index in [4.69, 9.17) is 0 Å². The van der Waals surface area contributed by atoms with E-state index in [9.17, 15) is 0 Å². The number of hydrogen-bond donors (Lipinski definition) is 0. The first-order valence-electron chi connectivity index (χ1n) is 16.9. The molecule has 0 amide bonds. The summed E-state index contributed by atoms with van der Waals surface area (Å²) in [7, 11) is 0. The number of para-hydroxylation sites is 2. The predicted molar refractivity (Wildman–Crippen MR) is 206 cm³/mol. The van der Waals surface area contributed by atoms with Gasteiger partial charge >= 0.3 is 0 Å². The summed E-state index contributed by atoms with van der Waals surface area (Å²) in [6.07, 6.45) is 0. The largest absolute Gasteiger partial charge is 0.309 e. The molecule has 0 aliphatic heterocycles. The zero-order chi connectivity index (χ0) is 32.1. The van der Waals surface area contributed by atoms with Crippen molar-refractivity contribution in [2.45, 2.75) is 5.41 Å². The summed E-state index contributed by atoms with van der Waals surface area (Å²) < 4.78 is 2.43. The van der Waals surface area contributed by atoms with Crippen molar-refractivity contribution in [1.29, 1.82) is 0 Å². The van der Waals surface area contributed by atoms with E-state index < -0.39 is 0 Å². The van der Waals surface area contributed by atoms with Gasteiger partial charge in [0.15, 0.2) is 0 Å². The number of hydrogen-bond acceptors (Lipinski definition) is 1. The maximum atomic E-state index is 2.43. The van der Waals surface area contributed by atoms with Crippen LogP contribution in [0.1, 0.15) is 21.6 Å². The van der Waals surface area contributed by atoms with Crippen molar-refractivity contribution in [3.63, 3.8) is 0 Å². The van der Waals surface area contributed by atoms with Crippen LogP contribution in [0, 0.1) is 0 Å². The number of benzene rings is 7. The maximum Gasteiger partial charge on any atom is 0.0819 e. The van der Waals surface area contributed by atoms with Crippen LogP contribution in [0.15, 0.2) is 176 Å². The SMILES string of the molecule is c1ccc(-c2c(-c3cccc(-n4c5ccccc5c5ccccc54)c3)sc3c2-c2ccccc2C32c3ccccc3-c3ccccc32)cc1. The lowest BCUT2D eigenvalue weighted by molar-refractivity contribution is 0.811. The lowest BCUT2D eigenvalue weighted by Gasteiger charge is -2.29. The van der Waals surface area contributed by atoms with Crippen LogP contribution in [-0.2, 0) is 5.41 Å². The summed E-state index contributed by atoms with van der Waals surface area (Å²) in [5, 5.41) is 2.56. The molecular weight excluding hydrogens is 611 g/mol. The van der Waals surface area contributed by atoms with Crippen molar-refractivity contribution in [2.75, 3.05) is 0 Å². The fourth-order valence-corrected chi connectivity index (χ4v) is 10.5. The highest BCUT2D eigenvalue weighted by molar-refractivity contribution is 7.17. The van der Waals surface area contributed by atoms with Crippen LogP contribution in [0.25, 0.3) is 71.3 Å². The smallest absolute Gasteiger partial charge is 0.0819 e. The molecule has 2 aliphatic carbocycles. The molecule has 2 heterocycles. The van der Waals surface area contributed by atoms with Gasteiger partial charge in [0.2, 0.25) is 0 Å². The summed E-state index contributed by atoms with van der Waals surface area (Å²) in [5.74, 6) is 0. The van der Waals surface area contributed by atoms with Gasteiger partial charge in [-0.1, -0.05) is 152 Å². The fraction of sp³-hybridized carbons (Fsp3) is 0.0213. The molecule has 7 aromatic carbocycles. The number of nitrogens with zero attached hydrogens (tertiary/aromatic N) is 1. The zero-order valence-electron chi connectivity index (χ0n) is 26.6. The summed E-state index contributed by atoms with van der Waals surface area (Å²) in [4.78, 5) is 2.73. The van der Waals surface area contributed by atoms with Gasteiger partial charge < -0.3 is 4.57 Å². The Bertz CT molecular complexity index is 2680. The molecule has 1 nitrogen and oxygen atoms in total. The standard InChI is InChI=1S/C47H29NS/c1-2-15-30(16-3-1)43-44-37-23-6-11-26-40(37)47(38-24-9-4-19-33(38)34-20-5-10-25-39(34)47)46(44)49-45(43)31-17-14-18-32(29-31)48-41-27-12-7-21-35(41)36-22-8-13-28-42(36)48/h1-29H. The molecule has 11 rings (SSSR count). The fourth-order valence-electron chi connectivity index (χ4n) is 8.94. The second-order valence-electron chi connectivity index (χ2n) is 13.2. The summed E-state index contributed by atoms with van der Waals surface area (Å²) in [5.41, 5.74) is 16.6. The van der Waals surface area contributed by atoms with E-state index in [0.717, 1.165) is 0 Å². The summed E-state index contributed by atoms with van der Waals surface area (Å²) in [6.45, 7) is 0. The van der Waals surface area contributed by atoms with E-state index in [1.807, 2.05) is 11.3 Å². The normalized spacial score (nSPS) is 13.5. The second-order valence-corrected chi connectivity index (χ2v) is 14.2. The highest BCUT2D eigenvalue weighted by Gasteiger charge is 2.53. The molecule has 2 heteroatoms. The molecule has 49 heavy (non-hydrogen) atoms.